The fraction of sp³-hybridized carbons (Fsp3) is 0.143. The van der Waals surface area contributed by atoms with Crippen LogP contribution in [0.4, 0.5) is 0 Å². The molecule has 0 N–H and O–H groups in total. The third-order valence-electron chi connectivity index (χ3n) is 1.27. The molecule has 0 aliphatic rings. The molecule has 2 heteroatoms. The van der Waals surface area contributed by atoms with Crippen LogP contribution in [0, 0.1) is 6.92 Å². The van der Waals surface area contributed by atoms with Gasteiger partial charge in [-0.15, -0.1) is 0 Å². The zero-order chi connectivity index (χ0) is 6.69. The van der Waals surface area contributed by atoms with Gasteiger partial charge in [0.25, 0.3) is 0 Å². The van der Waals surface area contributed by atoms with Crippen molar-refractivity contribution < 1.29 is 0 Å². The van der Waals surface area contributed by atoms with Crippen LogP contribution in [0.2, 0.25) is 0 Å². The quantitative estimate of drug-likeness (QED) is 0.453. The highest BCUT2D eigenvalue weighted by atomic mass is 32.3. The molecule has 0 saturated carbocycles. The zero-order valence-electron chi connectivity index (χ0n) is 5.26. The predicted octanol–water partition coefficient (Wildman–Crippen LogP) is 1.17. The van der Waals surface area contributed by atoms with Crippen molar-refractivity contribution in [1.29, 1.82) is 0 Å². The molecule has 0 bridgehead atoms. The Kier molecular flexibility index (Phi) is 2.36. The van der Waals surface area contributed by atoms with E-state index in [-0.39, 0.29) is 0 Å². The van der Waals surface area contributed by atoms with Crippen molar-refractivity contribution in [2.45, 2.75) is 6.92 Å². The summed E-state index contributed by atoms with van der Waals surface area (Å²) in [7, 11) is 0.623. The summed E-state index contributed by atoms with van der Waals surface area (Å²) in [4.78, 5) is 0. The number of rotatable bonds is 1. The van der Waals surface area contributed by atoms with Crippen LogP contribution < -0.4 is 5.19 Å². The summed E-state index contributed by atoms with van der Waals surface area (Å²) in [6, 6.07) is 8.32. The summed E-state index contributed by atoms with van der Waals surface area (Å²) >= 11 is 4.21. The predicted molar refractivity (Wildman–Crippen MR) is 45.6 cm³/mol. The van der Waals surface area contributed by atoms with Crippen molar-refractivity contribution in [2.75, 3.05) is 0 Å². The Morgan fingerprint density at radius 2 is 2.00 bits per heavy atom. The lowest BCUT2D eigenvalue weighted by Crippen LogP contribution is -2.11. The molecule has 0 spiro atoms. The highest BCUT2D eigenvalue weighted by Crippen LogP contribution is 1.91. The second-order valence-corrected chi connectivity index (χ2v) is 3.36. The number of hydrogen-bond acceptors (Lipinski definition) is 1. The van der Waals surface area contributed by atoms with Crippen LogP contribution in [0.3, 0.4) is 0 Å². The normalized spacial score (nSPS) is 9.56. The van der Waals surface area contributed by atoms with Crippen LogP contribution >= 0.6 is 12.1 Å². The van der Waals surface area contributed by atoms with E-state index in [0.29, 0.717) is 8.67 Å². The van der Waals surface area contributed by atoms with Crippen molar-refractivity contribution in [2.24, 2.45) is 0 Å². The monoisotopic (exact) mass is 152 g/mol. The zero-order valence-corrected chi connectivity index (χ0v) is 7.15. The van der Waals surface area contributed by atoms with Gasteiger partial charge in [0.2, 0.25) is 0 Å². The molecule has 0 aromatic heterocycles. The first-order valence-corrected chi connectivity index (χ1v) is 5.09. The molecule has 0 unspecified atom stereocenters. The first-order valence-electron chi connectivity index (χ1n) is 2.80. The maximum atomic E-state index is 4.21. The first kappa shape index (κ1) is 6.90. The van der Waals surface area contributed by atoms with Gasteiger partial charge in [-0.1, -0.05) is 29.8 Å². The van der Waals surface area contributed by atoms with E-state index in [2.05, 4.69) is 31.1 Å². The molecular formula is C7H8SSi. The largest absolute Gasteiger partial charge is 0.200 e. The third kappa shape index (κ3) is 1.59. The van der Waals surface area contributed by atoms with Crippen molar-refractivity contribution in [3.8, 4) is 0 Å². The van der Waals surface area contributed by atoms with Gasteiger partial charge < -0.3 is 0 Å². The Morgan fingerprint density at radius 3 is 2.44 bits per heavy atom. The van der Waals surface area contributed by atoms with E-state index >= 15 is 0 Å². The highest BCUT2D eigenvalue weighted by Gasteiger charge is 1.91. The van der Waals surface area contributed by atoms with Gasteiger partial charge in [-0.25, -0.2) is 0 Å². The Labute approximate surface area is 63.2 Å². The average Bonchev–Trinajstić information content (AvgIpc) is 1.89. The molecular weight excluding hydrogens is 144 g/mol. The van der Waals surface area contributed by atoms with Gasteiger partial charge in [0, 0.05) is 0 Å². The summed E-state index contributed by atoms with van der Waals surface area (Å²) in [5.74, 6) is 0. The van der Waals surface area contributed by atoms with E-state index in [1.165, 1.54) is 10.8 Å². The van der Waals surface area contributed by atoms with Crippen LogP contribution in [-0.4, -0.2) is 8.67 Å². The molecule has 1 rings (SSSR count). The van der Waals surface area contributed by atoms with Crippen molar-refractivity contribution in [3.05, 3.63) is 29.8 Å². The molecule has 0 aliphatic carbocycles. The molecule has 2 radical (unpaired) electrons. The van der Waals surface area contributed by atoms with E-state index in [0.717, 1.165) is 0 Å². The molecule has 0 fully saturated rings. The van der Waals surface area contributed by atoms with E-state index in [9.17, 15) is 0 Å². The maximum absolute atomic E-state index is 4.21. The summed E-state index contributed by atoms with van der Waals surface area (Å²) in [5, 5.41) is 1.35. The minimum absolute atomic E-state index is 0.623. The summed E-state index contributed by atoms with van der Waals surface area (Å²) in [6.45, 7) is 2.11. The Balaban J connectivity index is 3.01. The van der Waals surface area contributed by atoms with Gasteiger partial charge in [-0.3, -0.25) is 0 Å². The third-order valence-corrected chi connectivity index (χ3v) is 2.79. The van der Waals surface area contributed by atoms with Gasteiger partial charge in [-0.2, -0.15) is 12.1 Å². The minimum Gasteiger partial charge on any atom is -0.200 e. The van der Waals surface area contributed by atoms with Crippen LogP contribution in [0.1, 0.15) is 5.56 Å². The van der Waals surface area contributed by atoms with E-state index in [1.54, 1.807) is 0 Å². The van der Waals surface area contributed by atoms with Crippen LogP contribution in [-0.2, 0) is 0 Å². The number of benzene rings is 1. The van der Waals surface area contributed by atoms with Crippen LogP contribution in [0.25, 0.3) is 0 Å². The molecule has 1 aromatic carbocycles. The number of aryl methyl sites for hydroxylation is 1. The molecule has 9 heavy (non-hydrogen) atoms. The van der Waals surface area contributed by atoms with E-state index < -0.39 is 0 Å². The molecule has 0 amide bonds. The standard InChI is InChI=1S/C7H8SSi/c1-6-4-2-3-5-7(6)9-8/h2-5,8H,1H3. The van der Waals surface area contributed by atoms with Crippen molar-refractivity contribution >= 4 is 25.9 Å². The topological polar surface area (TPSA) is 0 Å². The van der Waals surface area contributed by atoms with Crippen molar-refractivity contribution in [3.63, 3.8) is 0 Å². The number of hydrogen-bond donors (Lipinski definition) is 1. The highest BCUT2D eigenvalue weighted by molar-refractivity contribution is 8.08. The second-order valence-electron chi connectivity index (χ2n) is 1.93. The second kappa shape index (κ2) is 3.08. The van der Waals surface area contributed by atoms with Gasteiger partial charge in [-0.05, 0) is 12.1 Å². The smallest absolute Gasteiger partial charge is 0.157 e. The minimum atomic E-state index is 0.623. The SMILES string of the molecule is Cc1ccccc1[Si]S. The fourth-order valence-corrected chi connectivity index (χ4v) is 1.88. The van der Waals surface area contributed by atoms with Gasteiger partial charge >= 0.3 is 0 Å². The lowest BCUT2D eigenvalue weighted by atomic mass is 10.2. The summed E-state index contributed by atoms with van der Waals surface area (Å²) in [5.41, 5.74) is 1.34. The van der Waals surface area contributed by atoms with Gasteiger partial charge in [0.1, 0.15) is 0 Å². The van der Waals surface area contributed by atoms with E-state index in [1.807, 2.05) is 12.1 Å². The summed E-state index contributed by atoms with van der Waals surface area (Å²) in [6.07, 6.45) is 0. The summed E-state index contributed by atoms with van der Waals surface area (Å²) < 4.78 is 0. The molecule has 1 aromatic rings. The molecule has 46 valence electrons. The van der Waals surface area contributed by atoms with Crippen molar-refractivity contribution in [1.82, 2.24) is 0 Å². The average molecular weight is 152 g/mol. The van der Waals surface area contributed by atoms with Crippen LogP contribution in [0.5, 0.6) is 0 Å². The van der Waals surface area contributed by atoms with Gasteiger partial charge in [0.15, 0.2) is 8.67 Å². The lowest BCUT2D eigenvalue weighted by Gasteiger charge is -1.96. The molecule has 0 saturated heterocycles. The number of thiol groups is 1. The molecule has 0 nitrogen and oxygen atoms in total. The molecule has 0 atom stereocenters. The lowest BCUT2D eigenvalue weighted by molar-refractivity contribution is 1.52. The molecule has 0 aliphatic heterocycles. The first-order chi connectivity index (χ1) is 4.34. The fourth-order valence-electron chi connectivity index (χ4n) is 0.698. The Morgan fingerprint density at radius 1 is 1.33 bits per heavy atom. The Bertz CT molecular complexity index is 198. The van der Waals surface area contributed by atoms with Gasteiger partial charge in [0.05, 0.1) is 0 Å². The van der Waals surface area contributed by atoms with E-state index in [4.69, 9.17) is 0 Å². The van der Waals surface area contributed by atoms with Crippen LogP contribution in [0.15, 0.2) is 24.3 Å². The Hall–Kier alpha value is -0.213. The molecule has 0 heterocycles. The maximum Gasteiger partial charge on any atom is 0.157 e.